The predicted octanol–water partition coefficient (Wildman–Crippen LogP) is 4.15. The monoisotopic (exact) mass is 399 g/mol. The molecule has 6 heteroatoms. The highest BCUT2D eigenvalue weighted by Gasteiger charge is 2.11. The smallest absolute Gasteiger partial charge is 0.271 e. The maximum absolute atomic E-state index is 12.5. The van der Waals surface area contributed by atoms with Crippen LogP contribution in [0.1, 0.15) is 21.6 Å². The second-order valence-corrected chi connectivity index (χ2v) is 6.69. The van der Waals surface area contributed by atoms with E-state index in [9.17, 15) is 4.79 Å². The van der Waals surface area contributed by atoms with E-state index in [4.69, 9.17) is 9.47 Å². The number of nitrogens with zero attached hydrogens (tertiary/aromatic N) is 2. The quantitative estimate of drug-likeness (QED) is 0.505. The molecule has 0 saturated heterocycles. The predicted molar refractivity (Wildman–Crippen MR) is 114 cm³/mol. The Morgan fingerprint density at radius 3 is 2.47 bits per heavy atom. The minimum Gasteiger partial charge on any atom is -0.493 e. The third-order valence-corrected chi connectivity index (χ3v) is 4.60. The lowest BCUT2D eigenvalue weighted by Crippen LogP contribution is -2.24. The zero-order valence-corrected chi connectivity index (χ0v) is 16.5. The van der Waals surface area contributed by atoms with E-state index in [1.54, 1.807) is 7.11 Å². The SMILES string of the molecule is COc1cc(CNC(=O)c2cnc3ccccc3n2)ccc1OCc1ccccc1. The normalized spacial score (nSPS) is 10.6. The maximum Gasteiger partial charge on any atom is 0.271 e. The van der Waals surface area contributed by atoms with Gasteiger partial charge in [0, 0.05) is 6.54 Å². The number of aromatic nitrogens is 2. The topological polar surface area (TPSA) is 73.3 Å². The molecular weight excluding hydrogens is 378 g/mol. The number of benzene rings is 3. The van der Waals surface area contributed by atoms with E-state index < -0.39 is 0 Å². The Balaban J connectivity index is 1.40. The van der Waals surface area contributed by atoms with Crippen molar-refractivity contribution in [2.45, 2.75) is 13.2 Å². The number of carbonyl (C=O) groups is 1. The molecule has 0 aliphatic carbocycles. The molecule has 0 unspecified atom stereocenters. The largest absolute Gasteiger partial charge is 0.493 e. The zero-order valence-electron chi connectivity index (χ0n) is 16.5. The van der Waals surface area contributed by atoms with Crippen molar-refractivity contribution < 1.29 is 14.3 Å². The highest BCUT2D eigenvalue weighted by molar-refractivity contribution is 5.93. The molecule has 1 N–H and O–H groups in total. The number of carbonyl (C=O) groups excluding carboxylic acids is 1. The number of nitrogens with one attached hydrogen (secondary N) is 1. The summed E-state index contributed by atoms with van der Waals surface area (Å²) in [6.45, 7) is 0.788. The minimum atomic E-state index is -0.281. The fraction of sp³-hybridized carbons (Fsp3) is 0.125. The number of rotatable bonds is 7. The lowest BCUT2D eigenvalue weighted by Gasteiger charge is -2.13. The summed E-state index contributed by atoms with van der Waals surface area (Å²) in [5.74, 6) is 0.983. The lowest BCUT2D eigenvalue weighted by atomic mass is 10.2. The van der Waals surface area contributed by atoms with E-state index in [-0.39, 0.29) is 11.6 Å². The molecule has 1 aromatic heterocycles. The number of amides is 1. The first-order chi connectivity index (χ1) is 14.7. The van der Waals surface area contributed by atoms with Crippen molar-refractivity contribution in [3.8, 4) is 11.5 Å². The van der Waals surface area contributed by atoms with Gasteiger partial charge in [-0.2, -0.15) is 0 Å². The van der Waals surface area contributed by atoms with E-state index >= 15 is 0 Å². The molecule has 1 amide bonds. The summed E-state index contributed by atoms with van der Waals surface area (Å²) in [4.78, 5) is 21.1. The van der Waals surface area contributed by atoms with Crippen LogP contribution in [0.4, 0.5) is 0 Å². The van der Waals surface area contributed by atoms with Gasteiger partial charge in [-0.1, -0.05) is 48.5 Å². The molecule has 0 aliphatic rings. The summed E-state index contributed by atoms with van der Waals surface area (Å²) in [6.07, 6.45) is 1.48. The number of ether oxygens (including phenoxy) is 2. The second-order valence-electron chi connectivity index (χ2n) is 6.69. The molecule has 0 spiro atoms. The molecule has 3 aromatic carbocycles. The van der Waals surface area contributed by atoms with Gasteiger partial charge >= 0.3 is 0 Å². The van der Waals surface area contributed by atoms with Gasteiger partial charge in [-0.05, 0) is 35.4 Å². The van der Waals surface area contributed by atoms with Gasteiger partial charge in [0.2, 0.25) is 0 Å². The van der Waals surface area contributed by atoms with Crippen LogP contribution in [0.15, 0.2) is 79.0 Å². The highest BCUT2D eigenvalue weighted by Crippen LogP contribution is 2.29. The van der Waals surface area contributed by atoms with Crippen molar-refractivity contribution in [2.75, 3.05) is 7.11 Å². The molecule has 150 valence electrons. The Bertz CT molecular complexity index is 1160. The number of hydrogen-bond acceptors (Lipinski definition) is 5. The fourth-order valence-electron chi connectivity index (χ4n) is 3.02. The summed E-state index contributed by atoms with van der Waals surface area (Å²) in [7, 11) is 1.59. The first-order valence-corrected chi connectivity index (χ1v) is 9.56. The minimum absolute atomic E-state index is 0.281. The molecule has 0 saturated carbocycles. The van der Waals surface area contributed by atoms with Crippen molar-refractivity contribution in [1.29, 1.82) is 0 Å². The average Bonchev–Trinajstić information content (AvgIpc) is 2.81. The average molecular weight is 399 g/mol. The molecule has 30 heavy (non-hydrogen) atoms. The second kappa shape index (κ2) is 9.05. The summed E-state index contributed by atoms with van der Waals surface area (Å²) in [6, 6.07) is 23.0. The first kappa shape index (κ1) is 19.4. The van der Waals surface area contributed by atoms with Crippen LogP contribution >= 0.6 is 0 Å². The van der Waals surface area contributed by atoms with E-state index in [2.05, 4.69) is 15.3 Å². The Morgan fingerprint density at radius 1 is 0.900 bits per heavy atom. The summed E-state index contributed by atoms with van der Waals surface area (Å²) < 4.78 is 11.3. The zero-order chi connectivity index (χ0) is 20.8. The Labute approximate surface area is 174 Å². The molecule has 0 radical (unpaired) electrons. The third-order valence-electron chi connectivity index (χ3n) is 4.60. The Morgan fingerprint density at radius 2 is 1.67 bits per heavy atom. The van der Waals surface area contributed by atoms with Crippen LogP contribution in [0.5, 0.6) is 11.5 Å². The molecule has 6 nitrogen and oxygen atoms in total. The van der Waals surface area contributed by atoms with Crippen LogP contribution in [-0.4, -0.2) is 23.0 Å². The summed E-state index contributed by atoms with van der Waals surface area (Å²) in [5.41, 5.74) is 3.69. The molecular formula is C24H21N3O3. The number of hydrogen-bond donors (Lipinski definition) is 1. The van der Waals surface area contributed by atoms with Crippen LogP contribution < -0.4 is 14.8 Å². The van der Waals surface area contributed by atoms with Crippen molar-refractivity contribution in [2.24, 2.45) is 0 Å². The van der Waals surface area contributed by atoms with E-state index in [1.165, 1.54) is 6.20 Å². The molecule has 4 rings (SSSR count). The molecule has 1 heterocycles. The van der Waals surface area contributed by atoms with Crippen LogP contribution in [0.3, 0.4) is 0 Å². The fourth-order valence-corrected chi connectivity index (χ4v) is 3.02. The van der Waals surface area contributed by atoms with Gasteiger partial charge in [0.1, 0.15) is 12.3 Å². The molecule has 4 aromatic rings. The van der Waals surface area contributed by atoms with Gasteiger partial charge in [0.05, 0.1) is 24.3 Å². The van der Waals surface area contributed by atoms with Crippen molar-refractivity contribution in [3.63, 3.8) is 0 Å². The van der Waals surface area contributed by atoms with Crippen LogP contribution in [0, 0.1) is 0 Å². The number of methoxy groups -OCH3 is 1. The van der Waals surface area contributed by atoms with E-state index in [1.807, 2.05) is 72.8 Å². The van der Waals surface area contributed by atoms with E-state index in [0.717, 1.165) is 16.6 Å². The first-order valence-electron chi connectivity index (χ1n) is 9.56. The molecule has 0 bridgehead atoms. The number of para-hydroxylation sites is 2. The van der Waals surface area contributed by atoms with Crippen molar-refractivity contribution in [1.82, 2.24) is 15.3 Å². The maximum atomic E-state index is 12.5. The Kier molecular flexibility index (Phi) is 5.85. The van der Waals surface area contributed by atoms with E-state index in [0.29, 0.717) is 30.2 Å². The lowest BCUT2D eigenvalue weighted by molar-refractivity contribution is 0.0946. The molecule has 0 aliphatic heterocycles. The molecule has 0 fully saturated rings. The van der Waals surface area contributed by atoms with Crippen LogP contribution in [0.25, 0.3) is 11.0 Å². The number of fused-ring (bicyclic) bond motifs is 1. The van der Waals surface area contributed by atoms with Gasteiger partial charge in [-0.25, -0.2) is 4.98 Å². The standard InChI is InChI=1S/C24H21N3O3/c1-29-23-13-18(11-12-22(23)30-16-17-7-3-2-4-8-17)14-26-24(28)21-15-25-19-9-5-6-10-20(19)27-21/h2-13,15H,14,16H2,1H3,(H,26,28). The van der Waals surface area contributed by atoms with Gasteiger partial charge in [0.15, 0.2) is 11.5 Å². The Hall–Kier alpha value is -3.93. The van der Waals surface area contributed by atoms with Gasteiger partial charge in [0.25, 0.3) is 5.91 Å². The van der Waals surface area contributed by atoms with Gasteiger partial charge in [-0.15, -0.1) is 0 Å². The molecule has 0 atom stereocenters. The van der Waals surface area contributed by atoms with Crippen molar-refractivity contribution in [3.05, 3.63) is 95.8 Å². The summed E-state index contributed by atoms with van der Waals surface area (Å²) >= 11 is 0. The third kappa shape index (κ3) is 4.55. The van der Waals surface area contributed by atoms with Gasteiger partial charge < -0.3 is 14.8 Å². The highest BCUT2D eigenvalue weighted by atomic mass is 16.5. The summed E-state index contributed by atoms with van der Waals surface area (Å²) in [5, 5.41) is 2.87. The van der Waals surface area contributed by atoms with Gasteiger partial charge in [-0.3, -0.25) is 9.78 Å². The van der Waals surface area contributed by atoms with Crippen LogP contribution in [0.2, 0.25) is 0 Å². The van der Waals surface area contributed by atoms with Crippen molar-refractivity contribution >= 4 is 16.9 Å². The van der Waals surface area contributed by atoms with Crippen LogP contribution in [-0.2, 0) is 13.2 Å².